The number of thiazole rings is 1. The Bertz CT molecular complexity index is 910. The number of amides is 1. The van der Waals surface area contributed by atoms with Gasteiger partial charge in [0.25, 0.3) is 5.91 Å². The SMILES string of the molecule is CCc1nc(C)ncc1C(=O)Nc1ncc(Cc2ccccc2Cl)s1. The fourth-order valence-electron chi connectivity index (χ4n) is 2.42. The third-order valence-electron chi connectivity index (χ3n) is 3.66. The molecule has 0 bridgehead atoms. The van der Waals surface area contributed by atoms with Crippen molar-refractivity contribution in [1.29, 1.82) is 0 Å². The van der Waals surface area contributed by atoms with E-state index in [0.717, 1.165) is 21.2 Å². The molecule has 0 radical (unpaired) electrons. The molecule has 25 heavy (non-hydrogen) atoms. The van der Waals surface area contributed by atoms with Gasteiger partial charge in [-0.05, 0) is 25.0 Å². The van der Waals surface area contributed by atoms with Gasteiger partial charge in [0, 0.05) is 28.7 Å². The second-order valence-electron chi connectivity index (χ2n) is 5.49. The predicted molar refractivity (Wildman–Crippen MR) is 100 cm³/mol. The highest BCUT2D eigenvalue weighted by Crippen LogP contribution is 2.25. The second kappa shape index (κ2) is 7.72. The molecule has 3 aromatic rings. The van der Waals surface area contributed by atoms with Crippen LogP contribution in [0.25, 0.3) is 0 Å². The molecule has 0 aliphatic heterocycles. The molecule has 0 atom stereocenters. The number of nitrogens with zero attached hydrogens (tertiary/aromatic N) is 3. The molecule has 2 heterocycles. The zero-order chi connectivity index (χ0) is 17.8. The van der Waals surface area contributed by atoms with Gasteiger partial charge in [0.05, 0.1) is 11.3 Å². The maximum Gasteiger partial charge on any atom is 0.260 e. The van der Waals surface area contributed by atoms with Crippen molar-refractivity contribution in [1.82, 2.24) is 15.0 Å². The first kappa shape index (κ1) is 17.5. The Hall–Kier alpha value is -2.31. The molecule has 0 aliphatic rings. The summed E-state index contributed by atoms with van der Waals surface area (Å²) < 4.78 is 0. The highest BCUT2D eigenvalue weighted by atomic mass is 35.5. The molecule has 2 aromatic heterocycles. The molecular weight excluding hydrogens is 356 g/mol. The van der Waals surface area contributed by atoms with E-state index in [2.05, 4.69) is 20.3 Å². The monoisotopic (exact) mass is 372 g/mol. The number of nitrogens with one attached hydrogen (secondary N) is 1. The number of aryl methyl sites for hydroxylation is 2. The van der Waals surface area contributed by atoms with Crippen LogP contribution in [-0.4, -0.2) is 20.9 Å². The summed E-state index contributed by atoms with van der Waals surface area (Å²) >= 11 is 7.63. The summed E-state index contributed by atoms with van der Waals surface area (Å²) in [6.45, 7) is 3.77. The van der Waals surface area contributed by atoms with Crippen LogP contribution in [0.1, 0.15) is 39.2 Å². The fraction of sp³-hybridized carbons (Fsp3) is 0.222. The average Bonchev–Trinajstić information content (AvgIpc) is 3.03. The molecule has 0 fully saturated rings. The number of hydrogen-bond acceptors (Lipinski definition) is 5. The lowest BCUT2D eigenvalue weighted by molar-refractivity contribution is 0.102. The van der Waals surface area contributed by atoms with Crippen LogP contribution in [0.2, 0.25) is 5.02 Å². The van der Waals surface area contributed by atoms with Crippen molar-refractivity contribution in [3.05, 3.63) is 69.2 Å². The van der Waals surface area contributed by atoms with Crippen molar-refractivity contribution in [2.75, 3.05) is 5.32 Å². The summed E-state index contributed by atoms with van der Waals surface area (Å²) in [6, 6.07) is 7.70. The molecule has 0 unspecified atom stereocenters. The van der Waals surface area contributed by atoms with Gasteiger partial charge in [0.1, 0.15) is 5.82 Å². The van der Waals surface area contributed by atoms with E-state index in [1.165, 1.54) is 11.3 Å². The van der Waals surface area contributed by atoms with Crippen LogP contribution in [0.15, 0.2) is 36.7 Å². The van der Waals surface area contributed by atoms with E-state index >= 15 is 0 Å². The molecule has 0 saturated heterocycles. The van der Waals surface area contributed by atoms with Crippen LogP contribution < -0.4 is 5.32 Å². The predicted octanol–water partition coefficient (Wildman–Crippen LogP) is 4.30. The number of rotatable bonds is 5. The average molecular weight is 373 g/mol. The first-order valence-corrected chi connectivity index (χ1v) is 9.08. The zero-order valence-corrected chi connectivity index (χ0v) is 15.5. The summed E-state index contributed by atoms with van der Waals surface area (Å²) in [5.74, 6) is 0.417. The first-order chi connectivity index (χ1) is 12.1. The van der Waals surface area contributed by atoms with Gasteiger partial charge < -0.3 is 0 Å². The van der Waals surface area contributed by atoms with Crippen LogP contribution in [-0.2, 0) is 12.8 Å². The van der Waals surface area contributed by atoms with Gasteiger partial charge in [-0.1, -0.05) is 36.7 Å². The highest BCUT2D eigenvalue weighted by Gasteiger charge is 2.15. The van der Waals surface area contributed by atoms with Crippen molar-refractivity contribution < 1.29 is 4.79 Å². The summed E-state index contributed by atoms with van der Waals surface area (Å²) in [5, 5.41) is 4.11. The van der Waals surface area contributed by atoms with Gasteiger partial charge in [-0.2, -0.15) is 0 Å². The Morgan fingerprint density at radius 3 is 2.80 bits per heavy atom. The van der Waals surface area contributed by atoms with Crippen LogP contribution in [0.5, 0.6) is 0 Å². The third-order valence-corrected chi connectivity index (χ3v) is 4.95. The van der Waals surface area contributed by atoms with Gasteiger partial charge in [-0.3, -0.25) is 10.1 Å². The number of carbonyl (C=O) groups is 1. The highest BCUT2D eigenvalue weighted by molar-refractivity contribution is 7.15. The van der Waals surface area contributed by atoms with Gasteiger partial charge in [-0.15, -0.1) is 11.3 Å². The number of halogens is 1. The molecule has 3 rings (SSSR count). The fourth-order valence-corrected chi connectivity index (χ4v) is 3.45. The minimum Gasteiger partial charge on any atom is -0.298 e. The van der Waals surface area contributed by atoms with E-state index in [1.807, 2.05) is 38.1 Å². The molecule has 0 aliphatic carbocycles. The van der Waals surface area contributed by atoms with Gasteiger partial charge >= 0.3 is 0 Å². The molecule has 5 nitrogen and oxygen atoms in total. The molecule has 7 heteroatoms. The van der Waals surface area contributed by atoms with E-state index in [1.54, 1.807) is 12.4 Å². The number of anilines is 1. The smallest absolute Gasteiger partial charge is 0.260 e. The summed E-state index contributed by atoms with van der Waals surface area (Å²) in [5.41, 5.74) is 2.25. The Balaban J connectivity index is 1.73. The third kappa shape index (κ3) is 4.21. The standard InChI is InChI=1S/C18H17ClN4OS/c1-3-16-14(10-20-11(2)22-16)17(24)23-18-21-9-13(25-18)8-12-6-4-5-7-15(12)19/h4-7,9-10H,3,8H2,1-2H3,(H,21,23,24). The van der Waals surface area contributed by atoms with E-state index in [0.29, 0.717) is 29.4 Å². The summed E-state index contributed by atoms with van der Waals surface area (Å²) in [7, 11) is 0. The lowest BCUT2D eigenvalue weighted by atomic mass is 10.1. The second-order valence-corrected chi connectivity index (χ2v) is 7.01. The van der Waals surface area contributed by atoms with Crippen LogP contribution >= 0.6 is 22.9 Å². The van der Waals surface area contributed by atoms with E-state index in [9.17, 15) is 4.79 Å². The normalized spacial score (nSPS) is 10.7. The van der Waals surface area contributed by atoms with Crippen LogP contribution in [0, 0.1) is 6.92 Å². The molecule has 1 N–H and O–H groups in total. The Morgan fingerprint density at radius 2 is 2.04 bits per heavy atom. The first-order valence-electron chi connectivity index (χ1n) is 7.88. The summed E-state index contributed by atoms with van der Waals surface area (Å²) in [4.78, 5) is 26.2. The number of benzene rings is 1. The van der Waals surface area contributed by atoms with Crippen molar-refractivity contribution in [3.63, 3.8) is 0 Å². The minimum atomic E-state index is -0.240. The number of carbonyl (C=O) groups excluding carboxylic acids is 1. The lowest BCUT2D eigenvalue weighted by Gasteiger charge is -2.06. The van der Waals surface area contributed by atoms with Gasteiger partial charge in [-0.25, -0.2) is 15.0 Å². The maximum absolute atomic E-state index is 12.5. The lowest BCUT2D eigenvalue weighted by Crippen LogP contribution is -2.16. The van der Waals surface area contributed by atoms with Crippen molar-refractivity contribution in [3.8, 4) is 0 Å². The molecule has 0 spiro atoms. The Morgan fingerprint density at radius 1 is 1.24 bits per heavy atom. The molecule has 0 saturated carbocycles. The van der Waals surface area contributed by atoms with Gasteiger partial charge in [0.2, 0.25) is 0 Å². The van der Waals surface area contributed by atoms with E-state index < -0.39 is 0 Å². The molecule has 1 amide bonds. The Labute approximate surface area is 155 Å². The largest absolute Gasteiger partial charge is 0.298 e. The number of hydrogen-bond donors (Lipinski definition) is 1. The van der Waals surface area contributed by atoms with Crippen LogP contribution in [0.3, 0.4) is 0 Å². The zero-order valence-electron chi connectivity index (χ0n) is 13.9. The quantitative estimate of drug-likeness (QED) is 0.725. The number of aromatic nitrogens is 3. The molecule has 1 aromatic carbocycles. The van der Waals surface area contributed by atoms with Crippen LogP contribution in [0.4, 0.5) is 5.13 Å². The minimum absolute atomic E-state index is 0.240. The van der Waals surface area contributed by atoms with Crippen molar-refractivity contribution in [2.24, 2.45) is 0 Å². The molecule has 128 valence electrons. The van der Waals surface area contributed by atoms with E-state index in [4.69, 9.17) is 11.6 Å². The summed E-state index contributed by atoms with van der Waals surface area (Å²) in [6.07, 6.45) is 4.67. The maximum atomic E-state index is 12.5. The van der Waals surface area contributed by atoms with Crippen molar-refractivity contribution >= 4 is 34.0 Å². The topological polar surface area (TPSA) is 67.8 Å². The van der Waals surface area contributed by atoms with Gasteiger partial charge in [0.15, 0.2) is 5.13 Å². The van der Waals surface area contributed by atoms with E-state index in [-0.39, 0.29) is 5.91 Å². The molecular formula is C18H17ClN4OS. The van der Waals surface area contributed by atoms with Crippen molar-refractivity contribution in [2.45, 2.75) is 26.7 Å². The Kier molecular flexibility index (Phi) is 5.40.